The number of rotatable bonds is 2. The van der Waals surface area contributed by atoms with Crippen LogP contribution >= 0.6 is 45.2 Å². The molecule has 0 amide bonds. The van der Waals surface area contributed by atoms with Gasteiger partial charge in [0.2, 0.25) is 0 Å². The lowest BCUT2D eigenvalue weighted by molar-refractivity contribution is -0.143. The van der Waals surface area contributed by atoms with Gasteiger partial charge in [-0.25, -0.2) is 4.79 Å². The lowest BCUT2D eigenvalue weighted by atomic mass is 9.86. The number of esters is 1. The first-order valence-electron chi connectivity index (χ1n) is 6.06. The number of carbonyl (C=O) groups is 1. The Balaban J connectivity index is 2.29. The first kappa shape index (κ1) is 14.1. The third-order valence-corrected chi connectivity index (χ3v) is 6.60. The first-order chi connectivity index (χ1) is 9.66. The van der Waals surface area contributed by atoms with E-state index in [0.29, 0.717) is 3.58 Å². The molecule has 0 saturated carbocycles. The second-order valence-electron chi connectivity index (χ2n) is 4.43. The van der Waals surface area contributed by atoms with Crippen LogP contribution in [0.25, 0.3) is 0 Å². The summed E-state index contributed by atoms with van der Waals surface area (Å²) >= 11 is 4.28. The Morgan fingerprint density at radius 2 is 1.25 bits per heavy atom. The minimum atomic E-state index is -0.809. The maximum absolute atomic E-state index is 12.1. The van der Waals surface area contributed by atoms with Crippen LogP contribution in [0.4, 0.5) is 0 Å². The first-order valence-corrected chi connectivity index (χ1v) is 8.22. The highest BCUT2D eigenvalue weighted by atomic mass is 127. The zero-order valence-electron chi connectivity index (χ0n) is 10.3. The topological polar surface area (TPSA) is 26.3 Å². The van der Waals surface area contributed by atoms with Gasteiger partial charge in [-0.15, -0.1) is 0 Å². The lowest BCUT2D eigenvalue weighted by Crippen LogP contribution is -2.29. The molecule has 0 N–H and O–H groups in total. The van der Waals surface area contributed by atoms with E-state index in [1.54, 1.807) is 0 Å². The maximum Gasteiger partial charge on any atom is 0.346 e. The summed E-state index contributed by atoms with van der Waals surface area (Å²) in [7, 11) is 0. The Labute approximate surface area is 144 Å². The molecule has 2 nitrogen and oxygen atoms in total. The third kappa shape index (κ3) is 2.09. The Kier molecular flexibility index (Phi) is 3.85. The highest BCUT2D eigenvalue weighted by molar-refractivity contribution is 14.1. The number of ether oxygens (including phenoxy) is 1. The van der Waals surface area contributed by atoms with E-state index in [-0.39, 0.29) is 5.97 Å². The fraction of sp³-hybridized carbons (Fsp3) is 0.0625. The molecule has 2 aromatic carbocycles. The molecule has 0 radical (unpaired) electrons. The van der Waals surface area contributed by atoms with E-state index >= 15 is 0 Å². The second kappa shape index (κ2) is 5.48. The number of benzene rings is 2. The van der Waals surface area contributed by atoms with Crippen molar-refractivity contribution in [3.8, 4) is 0 Å². The van der Waals surface area contributed by atoms with E-state index in [0.717, 1.165) is 14.7 Å². The minimum Gasteiger partial charge on any atom is -0.440 e. The summed E-state index contributed by atoms with van der Waals surface area (Å²) in [6.07, 6.45) is 0. The van der Waals surface area contributed by atoms with Crippen LogP contribution in [0.3, 0.4) is 0 Å². The van der Waals surface area contributed by atoms with Gasteiger partial charge in [0, 0.05) is 11.1 Å². The molecule has 4 heteroatoms. The molecular formula is C16H10I2O2. The molecule has 2 aromatic rings. The van der Waals surface area contributed by atoms with Gasteiger partial charge in [-0.1, -0.05) is 60.7 Å². The van der Waals surface area contributed by atoms with E-state index < -0.39 is 5.60 Å². The van der Waals surface area contributed by atoms with Crippen LogP contribution < -0.4 is 0 Å². The smallest absolute Gasteiger partial charge is 0.346 e. The highest BCUT2D eigenvalue weighted by Gasteiger charge is 2.48. The van der Waals surface area contributed by atoms with Crippen molar-refractivity contribution in [1.29, 1.82) is 0 Å². The quantitative estimate of drug-likeness (QED) is 0.458. The van der Waals surface area contributed by atoms with Gasteiger partial charge < -0.3 is 4.74 Å². The van der Waals surface area contributed by atoms with Gasteiger partial charge in [-0.05, 0) is 45.2 Å². The van der Waals surface area contributed by atoms with Gasteiger partial charge in [-0.2, -0.15) is 0 Å². The summed E-state index contributed by atoms with van der Waals surface area (Å²) in [4.78, 5) is 12.1. The number of cyclic esters (lactones) is 1. The van der Waals surface area contributed by atoms with Crippen molar-refractivity contribution in [3.63, 3.8) is 0 Å². The van der Waals surface area contributed by atoms with Crippen LogP contribution in [-0.4, -0.2) is 5.97 Å². The maximum atomic E-state index is 12.1. The summed E-state index contributed by atoms with van der Waals surface area (Å²) in [5.41, 5.74) is 1.13. The molecule has 0 saturated heterocycles. The molecule has 0 aromatic heterocycles. The van der Waals surface area contributed by atoms with E-state index in [1.807, 2.05) is 60.7 Å². The van der Waals surface area contributed by atoms with Crippen LogP contribution in [0.1, 0.15) is 11.1 Å². The molecule has 20 heavy (non-hydrogen) atoms. The fourth-order valence-corrected chi connectivity index (χ4v) is 3.80. The van der Waals surface area contributed by atoms with Crippen LogP contribution in [0.2, 0.25) is 0 Å². The van der Waals surface area contributed by atoms with Gasteiger partial charge in [0.05, 0.1) is 3.58 Å². The van der Waals surface area contributed by atoms with Crippen molar-refractivity contribution in [2.24, 2.45) is 0 Å². The van der Waals surface area contributed by atoms with Gasteiger partial charge in [0.1, 0.15) is 3.58 Å². The van der Waals surface area contributed by atoms with Crippen molar-refractivity contribution < 1.29 is 9.53 Å². The Morgan fingerprint density at radius 3 is 1.60 bits per heavy atom. The molecule has 0 spiro atoms. The largest absolute Gasteiger partial charge is 0.440 e. The predicted octanol–water partition coefficient (Wildman–Crippen LogP) is 4.57. The molecule has 0 aliphatic carbocycles. The van der Waals surface area contributed by atoms with E-state index in [4.69, 9.17) is 4.74 Å². The number of hydrogen-bond donors (Lipinski definition) is 0. The summed E-state index contributed by atoms with van der Waals surface area (Å²) in [5, 5.41) is 0. The molecule has 0 bridgehead atoms. The van der Waals surface area contributed by atoms with E-state index in [1.165, 1.54) is 0 Å². The summed E-state index contributed by atoms with van der Waals surface area (Å²) in [5.74, 6) is -0.261. The standard InChI is InChI=1S/C16H10I2O2/c17-13-14(18)16(20-15(13)19,11-7-3-1-4-8-11)12-9-5-2-6-10-12/h1-10H. The Morgan fingerprint density at radius 1 is 0.800 bits per heavy atom. The van der Waals surface area contributed by atoms with Gasteiger partial charge in [-0.3, -0.25) is 0 Å². The van der Waals surface area contributed by atoms with E-state index in [2.05, 4.69) is 45.2 Å². The van der Waals surface area contributed by atoms with Gasteiger partial charge in [0.25, 0.3) is 0 Å². The van der Waals surface area contributed by atoms with Crippen molar-refractivity contribution in [2.45, 2.75) is 5.60 Å². The minimum absolute atomic E-state index is 0.261. The molecule has 1 aliphatic rings. The zero-order valence-corrected chi connectivity index (χ0v) is 14.7. The summed E-state index contributed by atoms with van der Waals surface area (Å²) in [6, 6.07) is 19.7. The molecule has 0 fully saturated rings. The Bertz CT molecular complexity index is 639. The normalized spacial score (nSPS) is 17.2. The van der Waals surface area contributed by atoms with Crippen molar-refractivity contribution in [3.05, 3.63) is 79.0 Å². The average Bonchev–Trinajstić information content (AvgIpc) is 2.74. The summed E-state index contributed by atoms with van der Waals surface area (Å²) < 4.78 is 7.38. The van der Waals surface area contributed by atoms with Crippen LogP contribution in [0.5, 0.6) is 0 Å². The summed E-state index contributed by atoms with van der Waals surface area (Å²) in [6.45, 7) is 0. The SMILES string of the molecule is O=C1OC(c2ccccc2)(c2ccccc2)C(I)=C1I. The van der Waals surface area contributed by atoms with Crippen molar-refractivity contribution >= 4 is 51.2 Å². The number of hydrogen-bond acceptors (Lipinski definition) is 2. The molecule has 1 aliphatic heterocycles. The molecular weight excluding hydrogens is 478 g/mol. The molecule has 0 unspecified atom stereocenters. The zero-order chi connectivity index (χ0) is 14.2. The lowest BCUT2D eigenvalue weighted by Gasteiger charge is -2.30. The third-order valence-electron chi connectivity index (χ3n) is 3.29. The van der Waals surface area contributed by atoms with Gasteiger partial charge >= 0.3 is 5.97 Å². The predicted molar refractivity (Wildman–Crippen MR) is 94.8 cm³/mol. The second-order valence-corrected chi connectivity index (χ2v) is 6.59. The van der Waals surface area contributed by atoms with Crippen molar-refractivity contribution in [1.82, 2.24) is 0 Å². The average molecular weight is 488 g/mol. The number of carbonyl (C=O) groups excluding carboxylic acids is 1. The Hall–Kier alpha value is -0.890. The van der Waals surface area contributed by atoms with Crippen LogP contribution in [0.15, 0.2) is 67.8 Å². The molecule has 100 valence electrons. The van der Waals surface area contributed by atoms with Crippen LogP contribution in [0, 0.1) is 0 Å². The molecule has 1 heterocycles. The van der Waals surface area contributed by atoms with Gasteiger partial charge in [0.15, 0.2) is 5.60 Å². The molecule has 3 rings (SSSR count). The van der Waals surface area contributed by atoms with Crippen LogP contribution in [-0.2, 0) is 15.1 Å². The number of halogens is 2. The fourth-order valence-electron chi connectivity index (χ4n) is 2.36. The van der Waals surface area contributed by atoms with E-state index in [9.17, 15) is 4.79 Å². The highest BCUT2D eigenvalue weighted by Crippen LogP contribution is 2.50. The van der Waals surface area contributed by atoms with Crippen molar-refractivity contribution in [2.75, 3.05) is 0 Å². The molecule has 0 atom stereocenters. The monoisotopic (exact) mass is 488 g/mol.